The number of methoxy groups -OCH3 is 1. The van der Waals surface area contributed by atoms with Gasteiger partial charge in [0.15, 0.2) is 0 Å². The van der Waals surface area contributed by atoms with Crippen molar-refractivity contribution in [3.8, 4) is 0 Å². The van der Waals surface area contributed by atoms with Gasteiger partial charge in [0.1, 0.15) is 11.5 Å². The molecule has 0 aliphatic carbocycles. The van der Waals surface area contributed by atoms with Crippen molar-refractivity contribution in [2.45, 2.75) is 19.8 Å². The number of rotatable bonds is 3. The van der Waals surface area contributed by atoms with E-state index in [1.54, 1.807) is 7.11 Å². The molecule has 0 spiro atoms. The predicted octanol–water partition coefficient (Wildman–Crippen LogP) is 2.17. The second-order valence-corrected chi connectivity index (χ2v) is 6.00. The van der Waals surface area contributed by atoms with Gasteiger partial charge in [-0.05, 0) is 30.4 Å². The molecule has 0 saturated carbocycles. The Kier molecular flexibility index (Phi) is 3.30. The van der Waals surface area contributed by atoms with E-state index >= 15 is 0 Å². The summed E-state index contributed by atoms with van der Waals surface area (Å²) in [6.07, 6.45) is 6.03. The predicted molar refractivity (Wildman–Crippen MR) is 81.0 cm³/mol. The van der Waals surface area contributed by atoms with E-state index in [1.807, 2.05) is 24.5 Å². The van der Waals surface area contributed by atoms with E-state index in [2.05, 4.69) is 21.2 Å². The zero-order valence-electron chi connectivity index (χ0n) is 12.2. The van der Waals surface area contributed by atoms with Crippen molar-refractivity contribution < 1.29 is 4.74 Å². The molecule has 2 N–H and O–H groups in total. The molecule has 0 atom stereocenters. The van der Waals surface area contributed by atoms with E-state index in [-0.39, 0.29) is 5.41 Å². The molecule has 5 heteroatoms. The molecule has 0 radical (unpaired) electrons. The number of anilines is 2. The van der Waals surface area contributed by atoms with Crippen LogP contribution in [0.5, 0.6) is 0 Å². The van der Waals surface area contributed by atoms with E-state index in [4.69, 9.17) is 10.5 Å². The quantitative estimate of drug-likeness (QED) is 0.932. The number of imidazole rings is 1. The van der Waals surface area contributed by atoms with Crippen molar-refractivity contribution in [3.05, 3.63) is 24.5 Å². The van der Waals surface area contributed by atoms with Crippen LogP contribution in [0.4, 0.5) is 11.5 Å². The summed E-state index contributed by atoms with van der Waals surface area (Å²) in [7, 11) is 1.78. The summed E-state index contributed by atoms with van der Waals surface area (Å²) in [6, 6.07) is 3.90. The SMILES string of the molecule is COCC1(C)CCN(c2c(N)ccc3nccn23)CC1. The molecule has 1 aliphatic rings. The Hall–Kier alpha value is -1.75. The van der Waals surface area contributed by atoms with Crippen molar-refractivity contribution in [1.82, 2.24) is 9.38 Å². The number of nitrogens with two attached hydrogens (primary N) is 1. The second-order valence-electron chi connectivity index (χ2n) is 6.00. The monoisotopic (exact) mass is 274 g/mol. The lowest BCUT2D eigenvalue weighted by Crippen LogP contribution is -2.41. The maximum Gasteiger partial charge on any atom is 0.138 e. The zero-order valence-corrected chi connectivity index (χ0v) is 12.2. The van der Waals surface area contributed by atoms with Crippen LogP contribution >= 0.6 is 0 Å². The fourth-order valence-corrected chi connectivity index (χ4v) is 3.08. The maximum absolute atomic E-state index is 6.19. The van der Waals surface area contributed by atoms with Gasteiger partial charge in [0.05, 0.1) is 12.3 Å². The van der Waals surface area contributed by atoms with Crippen LogP contribution in [0.2, 0.25) is 0 Å². The molecule has 1 aliphatic heterocycles. The zero-order chi connectivity index (χ0) is 14.2. The second kappa shape index (κ2) is 4.98. The van der Waals surface area contributed by atoms with E-state index < -0.39 is 0 Å². The van der Waals surface area contributed by atoms with Gasteiger partial charge in [-0.2, -0.15) is 0 Å². The Balaban J connectivity index is 1.87. The van der Waals surface area contributed by atoms with Crippen LogP contribution in [0, 0.1) is 5.41 Å². The minimum Gasteiger partial charge on any atom is -0.396 e. The number of nitrogens with zero attached hydrogens (tertiary/aromatic N) is 3. The first kappa shape index (κ1) is 13.2. The average Bonchev–Trinajstić information content (AvgIpc) is 2.89. The molecule has 0 amide bonds. The molecule has 5 nitrogen and oxygen atoms in total. The first-order valence-corrected chi connectivity index (χ1v) is 7.08. The molecule has 0 aromatic carbocycles. The molecule has 1 fully saturated rings. The molecule has 2 aromatic heterocycles. The van der Waals surface area contributed by atoms with E-state index in [9.17, 15) is 0 Å². The number of nitrogen functional groups attached to an aromatic ring is 1. The van der Waals surface area contributed by atoms with Crippen LogP contribution in [-0.4, -0.2) is 36.2 Å². The molecule has 0 bridgehead atoms. The Morgan fingerprint density at radius 2 is 2.10 bits per heavy atom. The third-order valence-electron chi connectivity index (χ3n) is 4.33. The highest BCUT2D eigenvalue weighted by Gasteiger charge is 2.31. The van der Waals surface area contributed by atoms with Crippen LogP contribution in [0.3, 0.4) is 0 Å². The van der Waals surface area contributed by atoms with Gasteiger partial charge in [0, 0.05) is 32.6 Å². The van der Waals surface area contributed by atoms with Gasteiger partial charge in [-0.15, -0.1) is 0 Å². The lowest BCUT2D eigenvalue weighted by molar-refractivity contribution is 0.0730. The molecule has 1 saturated heterocycles. The Bertz CT molecular complexity index is 599. The molecular formula is C15H22N4O. The van der Waals surface area contributed by atoms with Crippen LogP contribution in [-0.2, 0) is 4.74 Å². The van der Waals surface area contributed by atoms with Gasteiger partial charge < -0.3 is 15.4 Å². The van der Waals surface area contributed by atoms with Gasteiger partial charge in [-0.3, -0.25) is 4.40 Å². The maximum atomic E-state index is 6.19. The van der Waals surface area contributed by atoms with Crippen LogP contribution in [0.1, 0.15) is 19.8 Å². The van der Waals surface area contributed by atoms with Crippen molar-refractivity contribution in [2.24, 2.45) is 5.41 Å². The van der Waals surface area contributed by atoms with Gasteiger partial charge >= 0.3 is 0 Å². The summed E-state index contributed by atoms with van der Waals surface area (Å²) in [5.74, 6) is 1.07. The van der Waals surface area contributed by atoms with E-state index in [0.717, 1.165) is 49.7 Å². The topological polar surface area (TPSA) is 55.8 Å². The fourth-order valence-electron chi connectivity index (χ4n) is 3.08. The summed E-state index contributed by atoms with van der Waals surface area (Å²) in [6.45, 7) is 5.13. The molecule has 108 valence electrons. The van der Waals surface area contributed by atoms with Crippen LogP contribution < -0.4 is 10.6 Å². The number of hydrogen-bond donors (Lipinski definition) is 1. The lowest BCUT2D eigenvalue weighted by atomic mass is 9.81. The van der Waals surface area contributed by atoms with E-state index in [1.165, 1.54) is 0 Å². The first-order valence-electron chi connectivity index (χ1n) is 7.08. The third kappa shape index (κ3) is 2.22. The number of hydrogen-bond acceptors (Lipinski definition) is 4. The molecule has 0 unspecified atom stereocenters. The highest BCUT2D eigenvalue weighted by Crippen LogP contribution is 2.35. The summed E-state index contributed by atoms with van der Waals surface area (Å²) in [5.41, 5.74) is 8.22. The summed E-state index contributed by atoms with van der Waals surface area (Å²) in [5, 5.41) is 0. The van der Waals surface area contributed by atoms with Crippen molar-refractivity contribution in [1.29, 1.82) is 0 Å². The molecule has 2 aromatic rings. The Morgan fingerprint density at radius 3 is 2.80 bits per heavy atom. The average molecular weight is 274 g/mol. The fraction of sp³-hybridized carbons (Fsp3) is 0.533. The largest absolute Gasteiger partial charge is 0.396 e. The van der Waals surface area contributed by atoms with Gasteiger partial charge in [-0.25, -0.2) is 4.98 Å². The van der Waals surface area contributed by atoms with Crippen molar-refractivity contribution in [3.63, 3.8) is 0 Å². The summed E-state index contributed by atoms with van der Waals surface area (Å²) in [4.78, 5) is 6.70. The van der Waals surface area contributed by atoms with Gasteiger partial charge in [-0.1, -0.05) is 6.92 Å². The van der Waals surface area contributed by atoms with Gasteiger partial charge in [0.25, 0.3) is 0 Å². The number of pyridine rings is 1. The molecular weight excluding hydrogens is 252 g/mol. The highest BCUT2D eigenvalue weighted by atomic mass is 16.5. The van der Waals surface area contributed by atoms with Crippen LogP contribution in [0.15, 0.2) is 24.5 Å². The normalized spacial score (nSPS) is 18.6. The first-order chi connectivity index (χ1) is 9.63. The Morgan fingerprint density at radius 1 is 1.35 bits per heavy atom. The Labute approximate surface area is 119 Å². The standard InChI is InChI=1S/C15H22N4O/c1-15(11-20-2)5-8-18(9-6-15)14-12(16)3-4-13-17-7-10-19(13)14/h3-4,7,10H,5-6,8-9,11,16H2,1-2H3. The highest BCUT2D eigenvalue weighted by molar-refractivity contribution is 5.68. The van der Waals surface area contributed by atoms with Crippen molar-refractivity contribution >= 4 is 17.2 Å². The lowest BCUT2D eigenvalue weighted by Gasteiger charge is -2.40. The molecule has 3 heterocycles. The summed E-state index contributed by atoms with van der Waals surface area (Å²) >= 11 is 0. The number of piperidine rings is 1. The number of aromatic nitrogens is 2. The van der Waals surface area contributed by atoms with Crippen molar-refractivity contribution in [2.75, 3.05) is 37.4 Å². The number of ether oxygens (including phenoxy) is 1. The molecule has 20 heavy (non-hydrogen) atoms. The minimum atomic E-state index is 0.281. The minimum absolute atomic E-state index is 0.281. The van der Waals surface area contributed by atoms with E-state index in [0.29, 0.717) is 0 Å². The molecule has 3 rings (SSSR count). The number of fused-ring (bicyclic) bond motifs is 1. The smallest absolute Gasteiger partial charge is 0.138 e. The third-order valence-corrected chi connectivity index (χ3v) is 4.33. The summed E-state index contributed by atoms with van der Waals surface area (Å²) < 4.78 is 7.43. The van der Waals surface area contributed by atoms with Crippen LogP contribution in [0.25, 0.3) is 5.65 Å². The van der Waals surface area contributed by atoms with Gasteiger partial charge in [0.2, 0.25) is 0 Å².